The minimum Gasteiger partial charge on any atom is -0.375 e. The second-order valence-electron chi connectivity index (χ2n) is 2.93. The standard InChI is InChI=1S/C9H10BrNO/c10-7-3-1-2-6-4-12-5-8(11)9(6)7/h1-3,8H,4-5,11H2/t8-/m0/s1. The van der Waals surface area contributed by atoms with Gasteiger partial charge in [0.1, 0.15) is 0 Å². The van der Waals surface area contributed by atoms with E-state index in [2.05, 4.69) is 22.0 Å². The van der Waals surface area contributed by atoms with E-state index in [0.29, 0.717) is 13.2 Å². The SMILES string of the molecule is N[C@H]1COCc2cccc(Br)c21. The molecule has 2 rings (SSSR count). The summed E-state index contributed by atoms with van der Waals surface area (Å²) in [4.78, 5) is 0. The first-order chi connectivity index (χ1) is 5.79. The molecule has 0 unspecified atom stereocenters. The number of benzene rings is 1. The Hall–Kier alpha value is -0.380. The lowest BCUT2D eigenvalue weighted by Gasteiger charge is -2.23. The van der Waals surface area contributed by atoms with E-state index in [9.17, 15) is 0 Å². The first kappa shape index (κ1) is 8.23. The molecule has 0 amide bonds. The number of halogens is 1. The fourth-order valence-electron chi connectivity index (χ4n) is 1.50. The summed E-state index contributed by atoms with van der Waals surface area (Å²) < 4.78 is 6.41. The van der Waals surface area contributed by atoms with Gasteiger partial charge in [-0.05, 0) is 17.2 Å². The summed E-state index contributed by atoms with van der Waals surface area (Å²) in [5.41, 5.74) is 8.29. The maximum absolute atomic E-state index is 5.89. The van der Waals surface area contributed by atoms with Crippen LogP contribution in [0.2, 0.25) is 0 Å². The van der Waals surface area contributed by atoms with Gasteiger partial charge in [0.2, 0.25) is 0 Å². The molecule has 0 spiro atoms. The Kier molecular flexibility index (Phi) is 2.17. The molecule has 1 atom stereocenters. The highest BCUT2D eigenvalue weighted by atomic mass is 79.9. The van der Waals surface area contributed by atoms with Gasteiger partial charge in [-0.3, -0.25) is 0 Å². The molecule has 1 aliphatic rings. The Balaban J connectivity index is 2.53. The lowest BCUT2D eigenvalue weighted by molar-refractivity contribution is 0.0921. The zero-order valence-electron chi connectivity index (χ0n) is 6.59. The van der Waals surface area contributed by atoms with Crippen molar-refractivity contribution < 1.29 is 4.74 Å². The van der Waals surface area contributed by atoms with Crippen LogP contribution >= 0.6 is 15.9 Å². The van der Waals surface area contributed by atoms with Crippen LogP contribution in [0.3, 0.4) is 0 Å². The second kappa shape index (κ2) is 3.17. The third-order valence-electron chi connectivity index (χ3n) is 2.07. The molecule has 1 heterocycles. The van der Waals surface area contributed by atoms with Crippen molar-refractivity contribution in [2.75, 3.05) is 6.61 Å². The summed E-state index contributed by atoms with van der Waals surface area (Å²) in [6.45, 7) is 1.30. The summed E-state index contributed by atoms with van der Waals surface area (Å²) in [6.07, 6.45) is 0. The zero-order valence-corrected chi connectivity index (χ0v) is 8.17. The molecule has 1 aliphatic heterocycles. The van der Waals surface area contributed by atoms with Gasteiger partial charge in [-0.2, -0.15) is 0 Å². The van der Waals surface area contributed by atoms with Crippen LogP contribution in [-0.4, -0.2) is 6.61 Å². The Morgan fingerprint density at radius 3 is 3.08 bits per heavy atom. The van der Waals surface area contributed by atoms with Crippen molar-refractivity contribution in [1.82, 2.24) is 0 Å². The summed E-state index contributed by atoms with van der Waals surface area (Å²) >= 11 is 3.49. The van der Waals surface area contributed by atoms with Crippen molar-refractivity contribution in [3.05, 3.63) is 33.8 Å². The van der Waals surface area contributed by atoms with Crippen LogP contribution in [0.4, 0.5) is 0 Å². The highest BCUT2D eigenvalue weighted by Gasteiger charge is 2.18. The molecule has 1 aromatic rings. The first-order valence-corrected chi connectivity index (χ1v) is 4.69. The van der Waals surface area contributed by atoms with Gasteiger partial charge in [0, 0.05) is 4.47 Å². The van der Waals surface area contributed by atoms with Gasteiger partial charge in [-0.1, -0.05) is 28.1 Å². The van der Waals surface area contributed by atoms with Crippen LogP contribution in [0.1, 0.15) is 17.2 Å². The van der Waals surface area contributed by atoms with Crippen molar-refractivity contribution >= 4 is 15.9 Å². The predicted molar refractivity (Wildman–Crippen MR) is 50.7 cm³/mol. The summed E-state index contributed by atoms with van der Waals surface area (Å²) in [5.74, 6) is 0. The fourth-order valence-corrected chi connectivity index (χ4v) is 2.20. The van der Waals surface area contributed by atoms with E-state index in [4.69, 9.17) is 10.5 Å². The number of fused-ring (bicyclic) bond motifs is 1. The number of hydrogen-bond acceptors (Lipinski definition) is 2. The Labute approximate surface area is 79.8 Å². The molecule has 1 aromatic carbocycles. The molecule has 0 radical (unpaired) electrons. The maximum Gasteiger partial charge on any atom is 0.0721 e. The van der Waals surface area contributed by atoms with Crippen molar-refractivity contribution in [2.45, 2.75) is 12.6 Å². The highest BCUT2D eigenvalue weighted by molar-refractivity contribution is 9.10. The summed E-state index contributed by atoms with van der Waals surface area (Å²) in [7, 11) is 0. The molecule has 2 nitrogen and oxygen atoms in total. The summed E-state index contributed by atoms with van der Waals surface area (Å²) in [6, 6.07) is 6.09. The predicted octanol–water partition coefficient (Wildman–Crippen LogP) is 1.98. The smallest absolute Gasteiger partial charge is 0.0721 e. The minimum absolute atomic E-state index is 0.0179. The van der Waals surface area contributed by atoms with E-state index in [1.54, 1.807) is 0 Å². The fraction of sp³-hybridized carbons (Fsp3) is 0.333. The zero-order chi connectivity index (χ0) is 8.55. The van der Waals surface area contributed by atoms with Gasteiger partial charge in [0.05, 0.1) is 19.3 Å². The van der Waals surface area contributed by atoms with E-state index >= 15 is 0 Å². The lowest BCUT2D eigenvalue weighted by Crippen LogP contribution is -2.23. The first-order valence-electron chi connectivity index (χ1n) is 3.89. The van der Waals surface area contributed by atoms with E-state index < -0.39 is 0 Å². The third-order valence-corrected chi connectivity index (χ3v) is 2.76. The quantitative estimate of drug-likeness (QED) is 0.736. The van der Waals surface area contributed by atoms with Crippen LogP contribution in [0.5, 0.6) is 0 Å². The molecule has 64 valence electrons. The van der Waals surface area contributed by atoms with E-state index in [1.807, 2.05) is 12.1 Å². The Morgan fingerprint density at radius 1 is 1.50 bits per heavy atom. The van der Waals surface area contributed by atoms with Crippen LogP contribution in [0.15, 0.2) is 22.7 Å². The molecule has 0 bridgehead atoms. The van der Waals surface area contributed by atoms with Crippen LogP contribution in [0, 0.1) is 0 Å². The third kappa shape index (κ3) is 1.28. The molecule has 2 N–H and O–H groups in total. The number of nitrogens with two attached hydrogens (primary N) is 1. The van der Waals surface area contributed by atoms with Gasteiger partial charge in [0.15, 0.2) is 0 Å². The van der Waals surface area contributed by atoms with E-state index in [-0.39, 0.29) is 6.04 Å². The number of hydrogen-bond donors (Lipinski definition) is 1. The molecular weight excluding hydrogens is 218 g/mol. The normalized spacial score (nSPS) is 22.0. The molecule has 0 aliphatic carbocycles. The van der Waals surface area contributed by atoms with E-state index in [1.165, 1.54) is 11.1 Å². The summed E-state index contributed by atoms with van der Waals surface area (Å²) in [5, 5.41) is 0. The lowest BCUT2D eigenvalue weighted by atomic mass is 10.00. The van der Waals surface area contributed by atoms with Crippen molar-refractivity contribution in [3.8, 4) is 0 Å². The monoisotopic (exact) mass is 227 g/mol. The Bertz CT molecular complexity index is 301. The highest BCUT2D eigenvalue weighted by Crippen LogP contribution is 2.29. The van der Waals surface area contributed by atoms with E-state index in [0.717, 1.165) is 4.47 Å². The van der Waals surface area contributed by atoms with Gasteiger partial charge in [-0.25, -0.2) is 0 Å². The van der Waals surface area contributed by atoms with Gasteiger partial charge in [-0.15, -0.1) is 0 Å². The number of rotatable bonds is 0. The maximum atomic E-state index is 5.89. The van der Waals surface area contributed by atoms with Crippen LogP contribution in [-0.2, 0) is 11.3 Å². The topological polar surface area (TPSA) is 35.2 Å². The molecule has 0 fully saturated rings. The second-order valence-corrected chi connectivity index (χ2v) is 3.79. The van der Waals surface area contributed by atoms with Crippen molar-refractivity contribution in [1.29, 1.82) is 0 Å². The largest absolute Gasteiger partial charge is 0.375 e. The van der Waals surface area contributed by atoms with Crippen LogP contribution in [0.25, 0.3) is 0 Å². The van der Waals surface area contributed by atoms with Crippen LogP contribution < -0.4 is 5.73 Å². The molecule has 12 heavy (non-hydrogen) atoms. The molecule has 0 saturated heterocycles. The minimum atomic E-state index is 0.0179. The van der Waals surface area contributed by atoms with Gasteiger partial charge < -0.3 is 10.5 Å². The number of ether oxygens (including phenoxy) is 1. The molecule has 0 saturated carbocycles. The van der Waals surface area contributed by atoms with Crippen molar-refractivity contribution in [3.63, 3.8) is 0 Å². The average Bonchev–Trinajstić information content (AvgIpc) is 2.04. The Morgan fingerprint density at radius 2 is 2.33 bits per heavy atom. The molecule has 3 heteroatoms. The molecular formula is C9H10BrNO. The van der Waals surface area contributed by atoms with Gasteiger partial charge in [0.25, 0.3) is 0 Å². The molecule has 0 aromatic heterocycles. The average molecular weight is 228 g/mol. The van der Waals surface area contributed by atoms with Gasteiger partial charge >= 0.3 is 0 Å². The van der Waals surface area contributed by atoms with Crippen molar-refractivity contribution in [2.24, 2.45) is 5.73 Å².